The van der Waals surface area contributed by atoms with Crippen molar-refractivity contribution in [2.24, 2.45) is 0 Å². The molecule has 248 valence electrons. The molecule has 0 saturated heterocycles. The monoisotopic (exact) mass is 832 g/mol. The smallest absolute Gasteiger partial charge is 0.0469 e. The van der Waals surface area contributed by atoms with E-state index in [9.17, 15) is 0 Å². The van der Waals surface area contributed by atoms with Crippen LogP contribution in [0.4, 0.5) is 0 Å². The number of allylic oxidation sites excluding steroid dienone is 4. The molecule has 5 aromatic carbocycles. The van der Waals surface area contributed by atoms with Crippen LogP contribution in [-0.2, 0) is 23.9 Å². The first-order valence-electron chi connectivity index (χ1n) is 18.3. The molecule has 6 rings (SSSR count). The summed E-state index contributed by atoms with van der Waals surface area (Å²) in [5.41, 5.74) is 5.52. The van der Waals surface area contributed by atoms with Gasteiger partial charge in [-0.1, -0.05) is 35.4 Å². The Labute approximate surface area is 308 Å². The van der Waals surface area contributed by atoms with Gasteiger partial charge in [0.05, 0.1) is 0 Å². The van der Waals surface area contributed by atoms with Gasteiger partial charge in [0.15, 0.2) is 0 Å². The van der Waals surface area contributed by atoms with Gasteiger partial charge in [0.1, 0.15) is 0 Å². The molecule has 0 fully saturated rings. The zero-order chi connectivity index (χ0) is 34.7. The van der Waals surface area contributed by atoms with Crippen LogP contribution in [0, 0.1) is 19.9 Å². The van der Waals surface area contributed by atoms with Crippen molar-refractivity contribution in [3.63, 3.8) is 0 Å². The van der Waals surface area contributed by atoms with E-state index in [4.69, 9.17) is 0 Å². The van der Waals surface area contributed by atoms with Crippen LogP contribution in [0.3, 0.4) is 0 Å². The molecule has 5 aromatic rings. The fourth-order valence-electron chi connectivity index (χ4n) is 7.47. The first-order chi connectivity index (χ1) is 23.2. The number of rotatable bonds is 10. The standard InChI is InChI=1S/C25H38Si2.C15H13.C5H5.Hf/c1-7-26(8-2,9-3)24-17-13-22(14-18-24)21-23-15-19-25(20-16-23)27(10-4,11-5)12-6;1-10-3-5-14-12(7-10)9-13-8-11(2)4-6-15(13)14;1-2-4-5-3-1;/h13-20H,7-12H2,1-6H3;3-9H,1-2H3;1-3H,4H2;/q;2*-1;+2. The van der Waals surface area contributed by atoms with Crippen LogP contribution in [-0.4, -0.2) is 19.4 Å². The predicted octanol–water partition coefficient (Wildman–Crippen LogP) is 11.9. The molecule has 3 heteroatoms. The van der Waals surface area contributed by atoms with E-state index in [2.05, 4.69) is 159 Å². The third kappa shape index (κ3) is 8.76. The molecule has 0 amide bonds. The number of hydrogen-bond acceptors (Lipinski definition) is 0. The molecule has 0 N–H and O–H groups in total. The molecule has 0 heterocycles. The minimum Gasteiger partial charge on any atom is -0.273 e. The molecule has 1 aliphatic rings. The maximum atomic E-state index is 2.99. The van der Waals surface area contributed by atoms with Gasteiger partial charge in [-0.05, 0) is 13.8 Å². The Kier molecular flexibility index (Phi) is 14.2. The van der Waals surface area contributed by atoms with E-state index >= 15 is 0 Å². The minimum absolute atomic E-state index is 1.01. The summed E-state index contributed by atoms with van der Waals surface area (Å²) in [7, 11) is -2.53. The fraction of sp³-hybridized carbons (Fsp3) is 0.333. The maximum absolute atomic E-state index is 2.99. The number of fused-ring (bicyclic) bond motifs is 3. The second-order valence-corrected chi connectivity index (χ2v) is 25.9. The Morgan fingerprint density at radius 3 is 1.29 bits per heavy atom. The first kappa shape index (κ1) is 38.2. The molecule has 0 aromatic heterocycles. The molecule has 0 saturated carbocycles. The van der Waals surface area contributed by atoms with Crippen molar-refractivity contribution in [2.75, 3.05) is 0 Å². The molecule has 0 aliphatic heterocycles. The predicted molar refractivity (Wildman–Crippen MR) is 218 cm³/mol. The molecular weight excluding hydrogens is 775 g/mol. The Morgan fingerprint density at radius 2 is 1.00 bits per heavy atom. The normalized spacial score (nSPS) is 12.5. The fourth-order valence-corrected chi connectivity index (χ4v) is 15.9. The van der Waals surface area contributed by atoms with Crippen molar-refractivity contribution < 1.29 is 23.9 Å². The van der Waals surface area contributed by atoms with Crippen LogP contribution in [0.5, 0.6) is 0 Å². The molecule has 1 aliphatic carbocycles. The number of hydrogen-bond donors (Lipinski definition) is 0. The van der Waals surface area contributed by atoms with E-state index in [1.165, 1.54) is 83.3 Å². The van der Waals surface area contributed by atoms with Gasteiger partial charge in [-0.3, -0.25) is 6.08 Å². The molecule has 0 nitrogen and oxygen atoms in total. The molecular formula is C45H56HfSi2. The molecule has 0 radical (unpaired) electrons. The van der Waals surface area contributed by atoms with Crippen LogP contribution >= 0.6 is 0 Å². The molecule has 48 heavy (non-hydrogen) atoms. The van der Waals surface area contributed by atoms with Gasteiger partial charge in [-0.2, -0.15) is 6.08 Å². The van der Waals surface area contributed by atoms with Gasteiger partial charge in [-0.15, -0.1) is 46.2 Å². The second kappa shape index (κ2) is 17.9. The van der Waals surface area contributed by atoms with E-state index in [-0.39, 0.29) is 0 Å². The zero-order valence-corrected chi connectivity index (χ0v) is 36.4. The van der Waals surface area contributed by atoms with Crippen molar-refractivity contribution >= 4 is 51.3 Å². The first-order valence-corrected chi connectivity index (χ1v) is 25.3. The Morgan fingerprint density at radius 1 is 0.604 bits per heavy atom. The van der Waals surface area contributed by atoms with Gasteiger partial charge in [0.2, 0.25) is 0 Å². The SMILES string of the molecule is CC[Si](CC)(CC)c1ccc([C](=[Hf+2])c2ccc([Si](CC)(CC)CC)cc2)cc1.Cc1ccc2c(c1)[cH-]c1cc(C)ccc12.[C-]1=CC=CC1. The van der Waals surface area contributed by atoms with Crippen molar-refractivity contribution in [2.45, 2.75) is 98.1 Å². The summed E-state index contributed by atoms with van der Waals surface area (Å²) >= 11 is 1.08. The summed E-state index contributed by atoms with van der Waals surface area (Å²) in [6.07, 6.45) is 10.0. The Balaban J connectivity index is 0.000000212. The van der Waals surface area contributed by atoms with E-state index in [0.717, 1.165) is 30.3 Å². The van der Waals surface area contributed by atoms with Crippen molar-refractivity contribution in [3.8, 4) is 0 Å². The Bertz CT molecular complexity index is 1680. The summed E-state index contributed by atoms with van der Waals surface area (Å²) < 4.78 is 1.53. The zero-order valence-electron chi connectivity index (χ0n) is 30.8. The topological polar surface area (TPSA) is 0 Å². The van der Waals surface area contributed by atoms with Crippen LogP contribution in [0.2, 0.25) is 36.3 Å². The summed E-state index contributed by atoms with van der Waals surface area (Å²) in [5, 5.41) is 8.76. The van der Waals surface area contributed by atoms with Crippen LogP contribution in [0.15, 0.2) is 109 Å². The number of aryl methyl sites for hydroxylation is 2. The summed E-state index contributed by atoms with van der Waals surface area (Å²) in [4.78, 5) is 0. The third-order valence-corrected chi connectivity index (χ3v) is 24.5. The van der Waals surface area contributed by atoms with Crippen LogP contribution in [0.25, 0.3) is 21.5 Å². The van der Waals surface area contributed by atoms with E-state index in [1.807, 2.05) is 12.2 Å². The van der Waals surface area contributed by atoms with Crippen molar-refractivity contribution in [1.29, 1.82) is 0 Å². The molecule has 0 bridgehead atoms. The number of benzene rings is 4. The largest absolute Gasteiger partial charge is 0.273 e. The van der Waals surface area contributed by atoms with E-state index < -0.39 is 16.1 Å². The molecule has 0 spiro atoms. The summed E-state index contributed by atoms with van der Waals surface area (Å²) in [6.45, 7) is 18.6. The van der Waals surface area contributed by atoms with Crippen LogP contribution in [0.1, 0.15) is 70.2 Å². The van der Waals surface area contributed by atoms with Gasteiger partial charge in [0, 0.05) is 0 Å². The summed E-state index contributed by atoms with van der Waals surface area (Å²) in [6, 6.07) is 43.2. The van der Waals surface area contributed by atoms with E-state index in [1.54, 1.807) is 10.4 Å². The van der Waals surface area contributed by atoms with Crippen molar-refractivity contribution in [3.05, 3.63) is 138 Å². The molecule has 0 unspecified atom stereocenters. The van der Waals surface area contributed by atoms with E-state index in [0.29, 0.717) is 0 Å². The summed E-state index contributed by atoms with van der Waals surface area (Å²) in [5.74, 6) is 0. The van der Waals surface area contributed by atoms with Gasteiger partial charge >= 0.3 is 191 Å². The third-order valence-electron chi connectivity index (χ3n) is 11.2. The molecule has 0 atom stereocenters. The van der Waals surface area contributed by atoms with Crippen LogP contribution < -0.4 is 10.4 Å². The van der Waals surface area contributed by atoms with Gasteiger partial charge < -0.3 is 0 Å². The maximum Gasteiger partial charge on any atom is -0.0469 e. The second-order valence-electron chi connectivity index (χ2n) is 13.5. The minimum atomic E-state index is -1.27. The van der Waals surface area contributed by atoms with Crippen molar-refractivity contribution in [1.82, 2.24) is 0 Å². The Hall–Kier alpha value is -2.60. The average Bonchev–Trinajstić information content (AvgIpc) is 3.83. The van der Waals surface area contributed by atoms with Gasteiger partial charge in [-0.25, -0.2) is 12.2 Å². The quantitative estimate of drug-likeness (QED) is 0.0972. The average molecular weight is 832 g/mol. The van der Waals surface area contributed by atoms with Gasteiger partial charge in [0.25, 0.3) is 0 Å².